The molecule has 1 aliphatic rings. The van der Waals surface area contributed by atoms with Crippen molar-refractivity contribution in [3.63, 3.8) is 0 Å². The highest BCUT2D eigenvalue weighted by atomic mass is 16.7. The molecule has 2 heterocycles. The van der Waals surface area contributed by atoms with Gasteiger partial charge in [-0.15, -0.1) is 5.10 Å². The lowest BCUT2D eigenvalue weighted by atomic mass is 10.1. The lowest BCUT2D eigenvalue weighted by Gasteiger charge is -2.09. The fraction of sp³-hybridized carbons (Fsp3) is 0.167. The van der Waals surface area contributed by atoms with Crippen LogP contribution in [0.25, 0.3) is 0 Å². The highest BCUT2D eigenvalue weighted by Gasteiger charge is 2.13. The molecule has 0 unspecified atom stereocenters. The topological polar surface area (TPSA) is 81.2 Å². The number of nitrogens with one attached hydrogen (secondary N) is 2. The second-order valence-corrected chi connectivity index (χ2v) is 5.86. The monoisotopic (exact) mass is 335 g/mol. The predicted molar refractivity (Wildman–Crippen MR) is 94.9 cm³/mol. The lowest BCUT2D eigenvalue weighted by molar-refractivity contribution is 0.174. The Bertz CT molecular complexity index is 909. The third kappa shape index (κ3) is 3.45. The molecule has 7 nitrogen and oxygen atoms in total. The van der Waals surface area contributed by atoms with Gasteiger partial charge in [0, 0.05) is 17.4 Å². The summed E-state index contributed by atoms with van der Waals surface area (Å²) in [7, 11) is 0. The molecule has 1 aromatic heterocycles. The summed E-state index contributed by atoms with van der Waals surface area (Å²) in [4.78, 5) is 4.45. The number of ether oxygens (including phenoxy) is 2. The fourth-order valence-corrected chi connectivity index (χ4v) is 2.71. The number of rotatable bonds is 4. The summed E-state index contributed by atoms with van der Waals surface area (Å²) in [5, 5.41) is 14.4. The Morgan fingerprint density at radius 1 is 0.880 bits per heavy atom. The van der Waals surface area contributed by atoms with Crippen LogP contribution in [0, 0.1) is 13.8 Å². The van der Waals surface area contributed by atoms with E-state index in [0.29, 0.717) is 17.5 Å². The van der Waals surface area contributed by atoms with Gasteiger partial charge in [-0.25, -0.2) is 0 Å². The molecule has 0 bridgehead atoms. The van der Waals surface area contributed by atoms with Crippen molar-refractivity contribution in [1.29, 1.82) is 0 Å². The number of fused-ring (bicyclic) bond motifs is 1. The number of anilines is 4. The van der Waals surface area contributed by atoms with Crippen molar-refractivity contribution < 1.29 is 9.47 Å². The van der Waals surface area contributed by atoms with Gasteiger partial charge in [0.15, 0.2) is 17.3 Å². The van der Waals surface area contributed by atoms with Crippen molar-refractivity contribution in [2.75, 3.05) is 17.4 Å². The SMILES string of the molecule is Cc1cc(C)cc(Nc2nncc(Nc3ccc4c(c3)OCO4)n2)c1. The van der Waals surface area contributed by atoms with Gasteiger partial charge in [-0.1, -0.05) is 6.07 Å². The quantitative estimate of drug-likeness (QED) is 0.752. The zero-order chi connectivity index (χ0) is 17.2. The third-order valence-corrected chi connectivity index (χ3v) is 3.68. The predicted octanol–water partition coefficient (Wildman–Crippen LogP) is 3.70. The minimum absolute atomic E-state index is 0.248. The smallest absolute Gasteiger partial charge is 0.249 e. The molecular formula is C18H17N5O2. The number of aromatic nitrogens is 3. The maximum atomic E-state index is 5.38. The van der Waals surface area contributed by atoms with Gasteiger partial charge in [-0.3, -0.25) is 0 Å². The molecule has 25 heavy (non-hydrogen) atoms. The van der Waals surface area contributed by atoms with Crippen LogP contribution in [-0.4, -0.2) is 22.0 Å². The Hall–Kier alpha value is -3.35. The third-order valence-electron chi connectivity index (χ3n) is 3.68. The maximum absolute atomic E-state index is 5.38. The van der Waals surface area contributed by atoms with Crippen molar-refractivity contribution in [1.82, 2.24) is 15.2 Å². The van der Waals surface area contributed by atoms with Crippen molar-refractivity contribution in [3.8, 4) is 11.5 Å². The molecule has 0 saturated carbocycles. The van der Waals surface area contributed by atoms with Gasteiger partial charge in [0.05, 0.1) is 6.20 Å². The van der Waals surface area contributed by atoms with E-state index >= 15 is 0 Å². The van der Waals surface area contributed by atoms with Gasteiger partial charge < -0.3 is 20.1 Å². The molecule has 0 aliphatic carbocycles. The second kappa shape index (κ2) is 6.27. The normalized spacial score (nSPS) is 12.1. The first-order chi connectivity index (χ1) is 12.2. The summed E-state index contributed by atoms with van der Waals surface area (Å²) in [5.74, 6) is 2.46. The number of aryl methyl sites for hydroxylation is 2. The number of nitrogens with zero attached hydrogens (tertiary/aromatic N) is 3. The Balaban J connectivity index is 1.53. The summed E-state index contributed by atoms with van der Waals surface area (Å²) in [6, 6.07) is 11.8. The molecule has 0 radical (unpaired) electrons. The average molecular weight is 335 g/mol. The van der Waals surface area contributed by atoms with Crippen LogP contribution in [0.4, 0.5) is 23.1 Å². The Kier molecular flexibility index (Phi) is 3.81. The first kappa shape index (κ1) is 15.2. The van der Waals surface area contributed by atoms with Crippen molar-refractivity contribution in [2.45, 2.75) is 13.8 Å². The molecule has 0 amide bonds. The van der Waals surface area contributed by atoms with E-state index in [9.17, 15) is 0 Å². The molecule has 0 saturated heterocycles. The zero-order valence-corrected chi connectivity index (χ0v) is 13.9. The van der Waals surface area contributed by atoms with E-state index in [-0.39, 0.29) is 6.79 Å². The zero-order valence-electron chi connectivity index (χ0n) is 13.9. The van der Waals surface area contributed by atoms with Crippen LogP contribution in [0.5, 0.6) is 11.5 Å². The van der Waals surface area contributed by atoms with E-state index in [1.165, 1.54) is 11.1 Å². The summed E-state index contributed by atoms with van der Waals surface area (Å²) >= 11 is 0. The van der Waals surface area contributed by atoms with Gasteiger partial charge in [-0.05, 0) is 49.2 Å². The number of hydrogen-bond donors (Lipinski definition) is 2. The van der Waals surface area contributed by atoms with Crippen molar-refractivity contribution in [2.24, 2.45) is 0 Å². The van der Waals surface area contributed by atoms with Crippen LogP contribution < -0.4 is 20.1 Å². The first-order valence-corrected chi connectivity index (χ1v) is 7.87. The number of hydrogen-bond acceptors (Lipinski definition) is 7. The van der Waals surface area contributed by atoms with Crippen LogP contribution in [0.3, 0.4) is 0 Å². The molecule has 4 rings (SSSR count). The fourth-order valence-electron chi connectivity index (χ4n) is 2.71. The molecule has 0 spiro atoms. The standard InChI is InChI=1S/C18H17N5O2/c1-11-5-12(2)7-14(6-11)21-18-22-17(9-19-23-18)20-13-3-4-15-16(8-13)25-10-24-15/h3-9H,10H2,1-2H3,(H2,20,21,22,23). The average Bonchev–Trinajstić information content (AvgIpc) is 3.02. The van der Waals surface area contributed by atoms with E-state index in [1.807, 2.05) is 30.3 Å². The Morgan fingerprint density at radius 3 is 2.52 bits per heavy atom. The molecule has 3 aromatic rings. The van der Waals surface area contributed by atoms with Crippen LogP contribution in [0.15, 0.2) is 42.6 Å². The largest absolute Gasteiger partial charge is 0.454 e. The van der Waals surface area contributed by atoms with Crippen LogP contribution >= 0.6 is 0 Å². The lowest BCUT2D eigenvalue weighted by Crippen LogP contribution is -2.02. The van der Waals surface area contributed by atoms with Gasteiger partial charge in [0.1, 0.15) is 0 Å². The summed E-state index contributed by atoms with van der Waals surface area (Å²) in [6.07, 6.45) is 1.57. The molecule has 126 valence electrons. The van der Waals surface area contributed by atoms with Crippen molar-refractivity contribution in [3.05, 3.63) is 53.7 Å². The van der Waals surface area contributed by atoms with Gasteiger partial charge in [0.2, 0.25) is 12.7 Å². The van der Waals surface area contributed by atoms with Gasteiger partial charge in [0.25, 0.3) is 0 Å². The van der Waals surface area contributed by atoms with Gasteiger partial charge >= 0.3 is 0 Å². The van der Waals surface area contributed by atoms with E-state index in [2.05, 4.69) is 45.7 Å². The van der Waals surface area contributed by atoms with Gasteiger partial charge in [-0.2, -0.15) is 10.1 Å². The van der Waals surface area contributed by atoms with E-state index < -0.39 is 0 Å². The summed E-state index contributed by atoms with van der Waals surface area (Å²) in [6.45, 7) is 4.35. The second-order valence-electron chi connectivity index (χ2n) is 5.86. The molecule has 7 heteroatoms. The minimum Gasteiger partial charge on any atom is -0.454 e. The molecule has 1 aliphatic heterocycles. The highest BCUT2D eigenvalue weighted by Crippen LogP contribution is 2.34. The van der Waals surface area contributed by atoms with E-state index in [4.69, 9.17) is 9.47 Å². The van der Waals surface area contributed by atoms with Crippen LogP contribution in [0.2, 0.25) is 0 Å². The minimum atomic E-state index is 0.248. The Morgan fingerprint density at radius 2 is 1.68 bits per heavy atom. The summed E-state index contributed by atoms with van der Waals surface area (Å²) in [5.41, 5.74) is 4.11. The van der Waals surface area contributed by atoms with E-state index in [0.717, 1.165) is 17.1 Å². The molecule has 2 N–H and O–H groups in total. The van der Waals surface area contributed by atoms with E-state index in [1.54, 1.807) is 6.20 Å². The molecular weight excluding hydrogens is 318 g/mol. The first-order valence-electron chi connectivity index (χ1n) is 7.87. The molecule has 0 fully saturated rings. The van der Waals surface area contributed by atoms with Crippen LogP contribution in [0.1, 0.15) is 11.1 Å². The molecule has 2 aromatic carbocycles. The van der Waals surface area contributed by atoms with Crippen LogP contribution in [-0.2, 0) is 0 Å². The highest BCUT2D eigenvalue weighted by molar-refractivity contribution is 5.63. The molecule has 0 atom stereocenters. The number of benzene rings is 2. The Labute approximate surface area is 145 Å². The maximum Gasteiger partial charge on any atom is 0.249 e. The van der Waals surface area contributed by atoms with Crippen molar-refractivity contribution >= 4 is 23.1 Å². The summed E-state index contributed by atoms with van der Waals surface area (Å²) < 4.78 is 10.7.